The first-order valence-corrected chi connectivity index (χ1v) is 9.69. The molecule has 6 N–H and O–H groups in total. The number of nitrogens with two attached hydrogens (primary N) is 1. The third-order valence-corrected chi connectivity index (χ3v) is 5.56. The molecule has 0 saturated carbocycles. The summed E-state index contributed by atoms with van der Waals surface area (Å²) in [7, 11) is 0. The number of carbonyl (C=O) groups excluding carboxylic acids is 3. The van der Waals surface area contributed by atoms with Crippen molar-refractivity contribution in [3.8, 4) is 0 Å². The van der Waals surface area contributed by atoms with Crippen LogP contribution < -0.4 is 16.5 Å². The Morgan fingerprint density at radius 3 is 2.39 bits per heavy atom. The molecule has 0 spiro atoms. The smallest absolute Gasteiger partial charge is 0.253 e. The van der Waals surface area contributed by atoms with E-state index in [1.807, 2.05) is 0 Å². The van der Waals surface area contributed by atoms with Gasteiger partial charge in [-0.05, 0) is 31.3 Å². The van der Waals surface area contributed by atoms with Crippen LogP contribution in [0, 0.1) is 11.8 Å². The Morgan fingerprint density at radius 2 is 1.93 bits per heavy atom. The van der Waals surface area contributed by atoms with Gasteiger partial charge in [0.05, 0.1) is 11.3 Å². The molecule has 3 amide bonds. The van der Waals surface area contributed by atoms with E-state index in [9.17, 15) is 19.5 Å². The van der Waals surface area contributed by atoms with Gasteiger partial charge in [-0.1, -0.05) is 44.0 Å². The number of carbonyl (C=O) groups is 3. The van der Waals surface area contributed by atoms with Crippen molar-refractivity contribution in [3.63, 3.8) is 0 Å². The van der Waals surface area contributed by atoms with E-state index in [0.29, 0.717) is 11.5 Å². The largest absolute Gasteiger partial charge is 0.379 e. The van der Waals surface area contributed by atoms with Crippen LogP contribution in [0.2, 0.25) is 0 Å². The molecular weight excluding hydrogens is 409 g/mol. The van der Waals surface area contributed by atoms with Gasteiger partial charge in [0.15, 0.2) is 5.60 Å². The molecule has 0 aromatic carbocycles. The minimum atomic E-state index is -2.14. The van der Waals surface area contributed by atoms with Gasteiger partial charge in [0.2, 0.25) is 11.8 Å². The van der Waals surface area contributed by atoms with Gasteiger partial charge >= 0.3 is 0 Å². The Kier molecular flexibility index (Phi) is 8.94. The van der Waals surface area contributed by atoms with Crippen LogP contribution in [-0.2, 0) is 14.4 Å². The number of hydrogen-bond acceptors (Lipinski definition) is 5. The predicted octanol–water partition coefficient (Wildman–Crippen LogP) is 1.33. The Balaban J connectivity index is 3.04. The summed E-state index contributed by atoms with van der Waals surface area (Å²) in [6.45, 7) is 4.83. The highest BCUT2D eigenvalue weighted by Crippen LogP contribution is 2.30. The van der Waals surface area contributed by atoms with Gasteiger partial charge in [0.1, 0.15) is 6.04 Å². The lowest BCUT2D eigenvalue weighted by Crippen LogP contribution is -2.59. The van der Waals surface area contributed by atoms with E-state index >= 15 is 0 Å². The zero-order chi connectivity index (χ0) is 21.6. The average molecular weight is 436 g/mol. The second kappa shape index (κ2) is 10.2. The van der Waals surface area contributed by atoms with Gasteiger partial charge in [-0.2, -0.15) is 0 Å². The maximum Gasteiger partial charge on any atom is 0.253 e. The molecule has 4 unspecified atom stereocenters. The summed E-state index contributed by atoms with van der Waals surface area (Å²) >= 11 is 12.0. The second-order valence-corrected chi connectivity index (χ2v) is 8.36. The Hall–Kier alpha value is -1.61. The number of allylic oxidation sites excluding steroid dienone is 3. The molecule has 0 heterocycles. The van der Waals surface area contributed by atoms with E-state index < -0.39 is 40.7 Å². The summed E-state index contributed by atoms with van der Waals surface area (Å²) in [6, 6.07) is -1.11. The molecule has 0 aromatic heterocycles. The van der Waals surface area contributed by atoms with Gasteiger partial charge in [-0.3, -0.25) is 19.6 Å². The van der Waals surface area contributed by atoms with Crippen molar-refractivity contribution in [2.75, 3.05) is 0 Å². The first-order valence-electron chi connectivity index (χ1n) is 8.88. The molecule has 1 rings (SSSR count). The van der Waals surface area contributed by atoms with Crippen LogP contribution in [0.3, 0.4) is 0 Å². The van der Waals surface area contributed by atoms with Crippen molar-refractivity contribution >= 4 is 40.9 Å². The van der Waals surface area contributed by atoms with Crippen LogP contribution in [0.25, 0.3) is 0 Å². The molecule has 0 saturated heterocycles. The number of halogens is 2. The Bertz CT molecular complexity index is 680. The number of amides is 3. The zero-order valence-corrected chi connectivity index (χ0v) is 17.5. The molecule has 0 radical (unpaired) electrons. The summed E-state index contributed by atoms with van der Waals surface area (Å²) in [6.07, 6.45) is 3.72. The molecule has 0 aromatic rings. The summed E-state index contributed by atoms with van der Waals surface area (Å²) in [5.41, 5.74) is 5.46. The van der Waals surface area contributed by atoms with Crippen LogP contribution in [0.15, 0.2) is 22.8 Å². The minimum Gasteiger partial charge on any atom is -0.379 e. The first kappa shape index (κ1) is 24.4. The quantitative estimate of drug-likeness (QED) is 0.211. The van der Waals surface area contributed by atoms with E-state index in [4.69, 9.17) is 34.1 Å². The maximum atomic E-state index is 12.8. The molecular formula is C18H27Cl2N3O5. The van der Waals surface area contributed by atoms with Gasteiger partial charge in [-0.15, -0.1) is 11.6 Å². The van der Waals surface area contributed by atoms with Crippen LogP contribution in [0.1, 0.15) is 40.0 Å². The molecule has 1 aliphatic carbocycles. The third-order valence-electron chi connectivity index (χ3n) is 4.67. The predicted molar refractivity (Wildman–Crippen MR) is 106 cm³/mol. The lowest BCUT2D eigenvalue weighted by atomic mass is 9.80. The highest BCUT2D eigenvalue weighted by molar-refractivity contribution is 6.37. The summed E-state index contributed by atoms with van der Waals surface area (Å²) in [5.74, 6) is -4.06. The van der Waals surface area contributed by atoms with Gasteiger partial charge in [0.25, 0.3) is 5.91 Å². The molecule has 0 fully saturated rings. The van der Waals surface area contributed by atoms with Gasteiger partial charge in [0, 0.05) is 5.03 Å². The number of aliphatic hydroxyl groups is 1. The number of alkyl halides is 1. The Morgan fingerprint density at radius 1 is 1.32 bits per heavy atom. The van der Waals surface area contributed by atoms with Crippen LogP contribution in [0.5, 0.6) is 0 Å². The van der Waals surface area contributed by atoms with Crippen molar-refractivity contribution in [1.82, 2.24) is 10.8 Å². The Labute approximate surface area is 174 Å². The molecule has 10 heteroatoms. The van der Waals surface area contributed by atoms with Crippen molar-refractivity contribution in [2.24, 2.45) is 17.6 Å². The minimum absolute atomic E-state index is 0.0658. The average Bonchev–Trinajstić information content (AvgIpc) is 2.61. The van der Waals surface area contributed by atoms with Crippen molar-refractivity contribution in [2.45, 2.75) is 57.1 Å². The number of rotatable bonds is 9. The standard InChI is InChI=1S/C18H27Cl2N3O5/c1-9(2)8-18(27,10(3)16(25)23-28)17(26)22-14(15(21)24)7-11-4-5-12(19)13(20)6-11/h4-5,9-10,13-14,27-28H,6-8H2,1-3H3,(H2,21,24)(H,22,26)(H,23,25). The van der Waals surface area contributed by atoms with Crippen LogP contribution in [-0.4, -0.2) is 45.1 Å². The summed E-state index contributed by atoms with van der Waals surface area (Å²) in [4.78, 5) is 36.5. The fourth-order valence-electron chi connectivity index (χ4n) is 3.02. The fourth-order valence-corrected chi connectivity index (χ4v) is 3.43. The normalized spacial score (nSPS) is 21.1. The lowest BCUT2D eigenvalue weighted by molar-refractivity contribution is -0.159. The van der Waals surface area contributed by atoms with Crippen molar-refractivity contribution < 1.29 is 24.7 Å². The molecule has 0 aliphatic heterocycles. The molecule has 4 atom stereocenters. The number of hydrogen-bond donors (Lipinski definition) is 5. The summed E-state index contributed by atoms with van der Waals surface area (Å²) in [5, 5.41) is 22.3. The number of primary amides is 1. The maximum absolute atomic E-state index is 12.8. The van der Waals surface area contributed by atoms with Crippen molar-refractivity contribution in [3.05, 3.63) is 22.8 Å². The van der Waals surface area contributed by atoms with E-state index in [1.54, 1.807) is 26.0 Å². The second-order valence-electron chi connectivity index (χ2n) is 7.40. The molecule has 28 heavy (non-hydrogen) atoms. The number of hydroxylamine groups is 1. The SMILES string of the molecule is CC(C)CC(O)(C(=O)NC(CC1=CC=C(Cl)C(Cl)C1)C(N)=O)C(C)C(=O)NO. The van der Waals surface area contributed by atoms with Gasteiger partial charge in [-0.25, -0.2) is 5.48 Å². The molecule has 0 bridgehead atoms. The third kappa shape index (κ3) is 6.20. The fraction of sp³-hybridized carbons (Fsp3) is 0.611. The number of nitrogens with one attached hydrogen (secondary N) is 2. The van der Waals surface area contributed by atoms with E-state index in [1.165, 1.54) is 12.4 Å². The van der Waals surface area contributed by atoms with Crippen LogP contribution >= 0.6 is 23.2 Å². The highest BCUT2D eigenvalue weighted by atomic mass is 35.5. The highest BCUT2D eigenvalue weighted by Gasteiger charge is 2.46. The van der Waals surface area contributed by atoms with Crippen molar-refractivity contribution in [1.29, 1.82) is 0 Å². The molecule has 158 valence electrons. The van der Waals surface area contributed by atoms with Crippen LogP contribution in [0.4, 0.5) is 0 Å². The monoisotopic (exact) mass is 435 g/mol. The first-order chi connectivity index (χ1) is 12.9. The zero-order valence-electron chi connectivity index (χ0n) is 16.0. The molecule has 1 aliphatic rings. The van der Waals surface area contributed by atoms with E-state index in [0.717, 1.165) is 5.57 Å². The van der Waals surface area contributed by atoms with E-state index in [2.05, 4.69) is 5.32 Å². The molecule has 8 nitrogen and oxygen atoms in total. The summed E-state index contributed by atoms with van der Waals surface area (Å²) < 4.78 is 0. The lowest BCUT2D eigenvalue weighted by Gasteiger charge is -2.34. The topological polar surface area (TPSA) is 142 Å². The van der Waals surface area contributed by atoms with E-state index in [-0.39, 0.29) is 18.8 Å². The van der Waals surface area contributed by atoms with Gasteiger partial charge < -0.3 is 16.2 Å².